The van der Waals surface area contributed by atoms with Crippen molar-refractivity contribution in [3.8, 4) is 11.3 Å². The fourth-order valence-electron chi connectivity index (χ4n) is 1.93. The molecular weight excluding hydrogens is 328 g/mol. The lowest BCUT2D eigenvalue weighted by atomic mass is 10.1. The molecule has 3 N–H and O–H groups in total. The van der Waals surface area contributed by atoms with E-state index in [0.29, 0.717) is 18.3 Å². The number of rotatable bonds is 8. The zero-order chi connectivity index (χ0) is 17.4. The second-order valence-electron chi connectivity index (χ2n) is 5.01. The second-order valence-corrected chi connectivity index (χ2v) is 5.87. The van der Waals surface area contributed by atoms with Crippen molar-refractivity contribution < 1.29 is 14.3 Å². The summed E-state index contributed by atoms with van der Waals surface area (Å²) in [5.74, 6) is -0.256. The largest absolute Gasteiger partial charge is 0.383 e. The Morgan fingerprint density at radius 3 is 2.62 bits per heavy atom. The highest BCUT2D eigenvalue weighted by Gasteiger charge is 2.08. The van der Waals surface area contributed by atoms with Gasteiger partial charge in [0.1, 0.15) is 0 Å². The smallest absolute Gasteiger partial charge is 0.240 e. The predicted octanol–water partition coefficient (Wildman–Crippen LogP) is 1.94. The summed E-state index contributed by atoms with van der Waals surface area (Å²) in [7, 11) is 1.61. The number of methoxy groups -OCH3 is 1. The van der Waals surface area contributed by atoms with Gasteiger partial charge in [0, 0.05) is 37.2 Å². The van der Waals surface area contributed by atoms with Gasteiger partial charge in [0.2, 0.25) is 11.8 Å². The minimum Gasteiger partial charge on any atom is -0.383 e. The van der Waals surface area contributed by atoms with Crippen molar-refractivity contribution in [3.05, 3.63) is 29.6 Å². The number of nitrogens with zero attached hydrogens (tertiary/aromatic N) is 1. The van der Waals surface area contributed by atoms with E-state index in [1.807, 2.05) is 29.6 Å². The van der Waals surface area contributed by atoms with E-state index in [1.165, 1.54) is 18.3 Å². The highest BCUT2D eigenvalue weighted by molar-refractivity contribution is 7.14. The van der Waals surface area contributed by atoms with E-state index < -0.39 is 0 Å². The maximum absolute atomic E-state index is 11.8. The zero-order valence-electron chi connectivity index (χ0n) is 13.6. The Labute approximate surface area is 144 Å². The Morgan fingerprint density at radius 1 is 1.21 bits per heavy atom. The van der Waals surface area contributed by atoms with Crippen molar-refractivity contribution in [2.45, 2.75) is 6.92 Å². The Balaban J connectivity index is 1.90. The van der Waals surface area contributed by atoms with Gasteiger partial charge in [-0.25, -0.2) is 4.98 Å². The number of anilines is 2. The van der Waals surface area contributed by atoms with Crippen molar-refractivity contribution in [2.75, 3.05) is 37.4 Å². The van der Waals surface area contributed by atoms with Gasteiger partial charge in [0.15, 0.2) is 5.13 Å². The summed E-state index contributed by atoms with van der Waals surface area (Å²) in [6, 6.07) is 7.37. The topological polar surface area (TPSA) is 92.3 Å². The van der Waals surface area contributed by atoms with Crippen LogP contribution >= 0.6 is 11.3 Å². The van der Waals surface area contributed by atoms with Gasteiger partial charge in [0.25, 0.3) is 0 Å². The number of aromatic nitrogens is 1. The van der Waals surface area contributed by atoms with Crippen LogP contribution < -0.4 is 16.0 Å². The third-order valence-electron chi connectivity index (χ3n) is 3.02. The van der Waals surface area contributed by atoms with E-state index in [-0.39, 0.29) is 18.4 Å². The summed E-state index contributed by atoms with van der Waals surface area (Å²) >= 11 is 1.37. The number of carbonyl (C=O) groups is 2. The van der Waals surface area contributed by atoms with Crippen LogP contribution in [0.5, 0.6) is 0 Å². The molecule has 0 aliphatic heterocycles. The fraction of sp³-hybridized carbons (Fsp3) is 0.312. The van der Waals surface area contributed by atoms with Crippen molar-refractivity contribution in [2.24, 2.45) is 0 Å². The van der Waals surface area contributed by atoms with Crippen molar-refractivity contribution in [3.63, 3.8) is 0 Å². The molecule has 2 amide bonds. The summed E-state index contributed by atoms with van der Waals surface area (Å²) in [5, 5.41) is 10.9. The molecule has 24 heavy (non-hydrogen) atoms. The number of hydrogen-bond donors (Lipinski definition) is 3. The molecule has 7 nitrogen and oxygen atoms in total. The molecule has 1 aromatic carbocycles. The van der Waals surface area contributed by atoms with Gasteiger partial charge in [-0.1, -0.05) is 12.1 Å². The molecule has 0 fully saturated rings. The molecule has 0 unspecified atom stereocenters. The van der Waals surface area contributed by atoms with Crippen LogP contribution in [0.25, 0.3) is 11.3 Å². The molecular formula is C16H20N4O3S. The first-order valence-electron chi connectivity index (χ1n) is 7.41. The van der Waals surface area contributed by atoms with Crippen LogP contribution in [0.1, 0.15) is 6.92 Å². The standard InChI is InChI=1S/C16H20N4O3S/c1-11(21)18-13-5-3-12(4-6-13)14-10-24-16(19-14)20-15(22)9-17-7-8-23-2/h3-6,10,17H,7-9H2,1-2H3,(H,18,21)(H,19,20,22). The van der Waals surface area contributed by atoms with Gasteiger partial charge in [-0.2, -0.15) is 0 Å². The summed E-state index contributed by atoms with van der Waals surface area (Å²) in [5.41, 5.74) is 2.42. The molecule has 0 bridgehead atoms. The van der Waals surface area contributed by atoms with Crippen molar-refractivity contribution in [1.82, 2.24) is 10.3 Å². The third kappa shape index (κ3) is 5.73. The first kappa shape index (κ1) is 18.1. The van der Waals surface area contributed by atoms with Crippen LogP contribution in [0.4, 0.5) is 10.8 Å². The lowest BCUT2D eigenvalue weighted by Crippen LogP contribution is -2.30. The molecule has 1 aromatic heterocycles. The van der Waals surface area contributed by atoms with E-state index in [1.54, 1.807) is 7.11 Å². The monoisotopic (exact) mass is 348 g/mol. The first-order valence-corrected chi connectivity index (χ1v) is 8.29. The Bertz CT molecular complexity index is 685. The molecule has 1 heterocycles. The third-order valence-corrected chi connectivity index (χ3v) is 3.78. The zero-order valence-corrected chi connectivity index (χ0v) is 14.4. The van der Waals surface area contributed by atoms with Gasteiger partial charge in [-0.15, -0.1) is 11.3 Å². The maximum atomic E-state index is 11.8. The number of ether oxygens (including phenoxy) is 1. The molecule has 0 atom stereocenters. The number of carbonyl (C=O) groups excluding carboxylic acids is 2. The molecule has 2 rings (SSSR count). The van der Waals surface area contributed by atoms with E-state index >= 15 is 0 Å². The summed E-state index contributed by atoms with van der Waals surface area (Å²) in [4.78, 5) is 27.2. The molecule has 0 saturated carbocycles. The normalized spacial score (nSPS) is 10.4. The highest BCUT2D eigenvalue weighted by Crippen LogP contribution is 2.25. The van der Waals surface area contributed by atoms with Crippen LogP contribution in [-0.4, -0.2) is 43.6 Å². The van der Waals surface area contributed by atoms with Crippen molar-refractivity contribution >= 4 is 34.0 Å². The van der Waals surface area contributed by atoms with Gasteiger partial charge in [-0.05, 0) is 12.1 Å². The number of nitrogens with one attached hydrogen (secondary N) is 3. The minimum atomic E-state index is -0.145. The lowest BCUT2D eigenvalue weighted by Gasteiger charge is -2.04. The molecule has 0 spiro atoms. The van der Waals surface area contributed by atoms with E-state index in [0.717, 1.165) is 16.9 Å². The average molecular weight is 348 g/mol. The molecule has 8 heteroatoms. The van der Waals surface area contributed by atoms with Gasteiger partial charge < -0.3 is 20.7 Å². The summed E-state index contributed by atoms with van der Waals surface area (Å²) in [6.07, 6.45) is 0. The minimum absolute atomic E-state index is 0.111. The average Bonchev–Trinajstić information content (AvgIpc) is 3.00. The van der Waals surface area contributed by atoms with Crippen LogP contribution in [0.15, 0.2) is 29.6 Å². The number of amides is 2. The van der Waals surface area contributed by atoms with Crippen LogP contribution in [0, 0.1) is 0 Å². The highest BCUT2D eigenvalue weighted by atomic mass is 32.1. The maximum Gasteiger partial charge on any atom is 0.240 e. The van der Waals surface area contributed by atoms with Gasteiger partial charge in [0.05, 0.1) is 18.8 Å². The predicted molar refractivity (Wildman–Crippen MR) is 95.2 cm³/mol. The number of benzene rings is 1. The Morgan fingerprint density at radius 2 is 1.96 bits per heavy atom. The molecule has 0 aliphatic rings. The second kappa shape index (κ2) is 9.11. The fourth-order valence-corrected chi connectivity index (χ4v) is 2.67. The Hall–Kier alpha value is -2.29. The van der Waals surface area contributed by atoms with Crippen LogP contribution in [0.3, 0.4) is 0 Å². The van der Waals surface area contributed by atoms with Gasteiger partial charge >= 0.3 is 0 Å². The first-order chi connectivity index (χ1) is 11.6. The molecule has 2 aromatic rings. The van der Waals surface area contributed by atoms with Crippen LogP contribution in [0.2, 0.25) is 0 Å². The van der Waals surface area contributed by atoms with Crippen molar-refractivity contribution in [1.29, 1.82) is 0 Å². The summed E-state index contributed by atoms with van der Waals surface area (Å²) < 4.78 is 4.90. The summed E-state index contributed by atoms with van der Waals surface area (Å²) in [6.45, 7) is 2.86. The van der Waals surface area contributed by atoms with E-state index in [4.69, 9.17) is 4.74 Å². The molecule has 0 saturated heterocycles. The van der Waals surface area contributed by atoms with Crippen LogP contribution in [-0.2, 0) is 14.3 Å². The number of thiazole rings is 1. The van der Waals surface area contributed by atoms with E-state index in [9.17, 15) is 9.59 Å². The number of hydrogen-bond acceptors (Lipinski definition) is 6. The molecule has 128 valence electrons. The SMILES string of the molecule is COCCNCC(=O)Nc1nc(-c2ccc(NC(C)=O)cc2)cs1. The molecule has 0 aliphatic carbocycles. The lowest BCUT2D eigenvalue weighted by molar-refractivity contribution is -0.115. The molecule has 0 radical (unpaired) electrons. The quantitative estimate of drug-likeness (QED) is 0.634. The van der Waals surface area contributed by atoms with Gasteiger partial charge in [-0.3, -0.25) is 9.59 Å². The Kier molecular flexibility index (Phi) is 6.86. The van der Waals surface area contributed by atoms with E-state index in [2.05, 4.69) is 20.9 Å².